The van der Waals surface area contributed by atoms with Gasteiger partial charge in [0.15, 0.2) is 4.77 Å². The number of benzene rings is 1. The van der Waals surface area contributed by atoms with Gasteiger partial charge in [0.05, 0.1) is 14.6 Å². The van der Waals surface area contributed by atoms with Gasteiger partial charge in [-0.25, -0.2) is 4.39 Å². The summed E-state index contributed by atoms with van der Waals surface area (Å²) < 4.78 is 17.1. The number of rotatable bonds is 4. The van der Waals surface area contributed by atoms with E-state index in [1.54, 1.807) is 6.07 Å². The minimum atomic E-state index is -0.183. The highest BCUT2D eigenvalue weighted by Crippen LogP contribution is 2.27. The van der Waals surface area contributed by atoms with E-state index in [1.165, 1.54) is 0 Å². The molecule has 0 amide bonds. The summed E-state index contributed by atoms with van der Waals surface area (Å²) in [5, 5.41) is 0. The van der Waals surface area contributed by atoms with Crippen molar-refractivity contribution in [3.63, 3.8) is 0 Å². The Morgan fingerprint density at radius 1 is 1.44 bits per heavy atom. The lowest BCUT2D eigenvalue weighted by Crippen LogP contribution is -2.08. The van der Waals surface area contributed by atoms with Crippen LogP contribution in [0, 0.1) is 14.2 Å². The molecule has 0 fully saturated rings. The van der Waals surface area contributed by atoms with Crippen molar-refractivity contribution in [2.45, 2.75) is 39.2 Å². The predicted octanol–water partition coefficient (Wildman–Crippen LogP) is 5.19. The Balaban J connectivity index is 2.66. The molecule has 0 aliphatic heterocycles. The van der Waals surface area contributed by atoms with E-state index in [4.69, 9.17) is 12.2 Å². The first-order valence-electron chi connectivity index (χ1n) is 6.17. The molecule has 1 unspecified atom stereocenters. The zero-order valence-corrected chi connectivity index (χ0v) is 13.4. The molecule has 2 nitrogen and oxygen atoms in total. The minimum Gasteiger partial charge on any atom is -0.331 e. The topological polar surface area (TPSA) is 20.7 Å². The second kappa shape index (κ2) is 5.69. The Hall–Kier alpha value is -0.430. The molecule has 2 rings (SSSR count). The molecule has 1 aromatic carbocycles. The van der Waals surface area contributed by atoms with E-state index in [0.717, 1.165) is 30.3 Å². The summed E-state index contributed by atoms with van der Waals surface area (Å²) in [7, 11) is 0. The molecule has 0 radical (unpaired) electrons. The molecule has 5 heteroatoms. The van der Waals surface area contributed by atoms with Crippen LogP contribution in [-0.4, -0.2) is 9.55 Å². The smallest absolute Gasteiger partial charge is 0.178 e. The van der Waals surface area contributed by atoms with Crippen LogP contribution in [0.2, 0.25) is 0 Å². The number of imidazole rings is 1. The molecule has 0 saturated heterocycles. The van der Waals surface area contributed by atoms with Gasteiger partial charge in [-0.2, -0.15) is 0 Å². The molecule has 0 aliphatic rings. The number of aromatic nitrogens is 2. The lowest BCUT2D eigenvalue weighted by Gasteiger charge is -2.17. The maximum absolute atomic E-state index is 13.7. The van der Waals surface area contributed by atoms with Crippen LogP contribution in [0.25, 0.3) is 11.0 Å². The van der Waals surface area contributed by atoms with Gasteiger partial charge in [-0.3, -0.25) is 0 Å². The highest BCUT2D eigenvalue weighted by atomic mass is 127. The van der Waals surface area contributed by atoms with Crippen LogP contribution in [0.5, 0.6) is 0 Å². The van der Waals surface area contributed by atoms with E-state index < -0.39 is 0 Å². The van der Waals surface area contributed by atoms with Gasteiger partial charge in [0, 0.05) is 12.1 Å². The largest absolute Gasteiger partial charge is 0.331 e. The van der Waals surface area contributed by atoms with Gasteiger partial charge >= 0.3 is 0 Å². The lowest BCUT2D eigenvalue weighted by atomic mass is 10.1. The molecule has 1 N–H and O–H groups in total. The quantitative estimate of drug-likeness (QED) is 0.573. The fourth-order valence-corrected chi connectivity index (χ4v) is 3.16. The van der Waals surface area contributed by atoms with Crippen molar-refractivity contribution in [1.82, 2.24) is 9.55 Å². The molecule has 18 heavy (non-hydrogen) atoms. The third-order valence-corrected chi connectivity index (χ3v) is 4.34. The summed E-state index contributed by atoms with van der Waals surface area (Å²) in [5.41, 5.74) is 1.79. The molecule has 0 saturated carbocycles. The summed E-state index contributed by atoms with van der Waals surface area (Å²) in [6.07, 6.45) is 3.16. The van der Waals surface area contributed by atoms with Gasteiger partial charge in [0.1, 0.15) is 5.82 Å². The molecule has 0 spiro atoms. The monoisotopic (exact) mass is 378 g/mol. The Labute approximate surface area is 125 Å². The number of hydrogen-bond acceptors (Lipinski definition) is 1. The third kappa shape index (κ3) is 2.47. The van der Waals surface area contributed by atoms with Gasteiger partial charge < -0.3 is 9.55 Å². The normalized spacial score (nSPS) is 13.1. The molecule has 1 aromatic heterocycles. The van der Waals surface area contributed by atoms with Crippen LogP contribution in [0.15, 0.2) is 12.1 Å². The summed E-state index contributed by atoms with van der Waals surface area (Å²) in [5.74, 6) is -0.183. The maximum Gasteiger partial charge on any atom is 0.178 e. The first-order valence-corrected chi connectivity index (χ1v) is 7.66. The zero-order valence-electron chi connectivity index (χ0n) is 10.5. The van der Waals surface area contributed by atoms with Gasteiger partial charge in [0.2, 0.25) is 0 Å². The third-order valence-electron chi connectivity index (χ3n) is 3.22. The van der Waals surface area contributed by atoms with Crippen LogP contribution in [0.4, 0.5) is 4.39 Å². The summed E-state index contributed by atoms with van der Waals surface area (Å²) in [4.78, 5) is 3.17. The van der Waals surface area contributed by atoms with Gasteiger partial charge in [-0.1, -0.05) is 20.3 Å². The minimum absolute atomic E-state index is 0.183. The number of fused-ring (bicyclic) bond motifs is 1. The second-order valence-electron chi connectivity index (χ2n) is 4.43. The molecule has 0 bridgehead atoms. The van der Waals surface area contributed by atoms with Crippen molar-refractivity contribution in [2.75, 3.05) is 0 Å². The van der Waals surface area contributed by atoms with Crippen molar-refractivity contribution < 1.29 is 4.39 Å². The van der Waals surface area contributed by atoms with Gasteiger partial charge in [0.25, 0.3) is 0 Å². The zero-order chi connectivity index (χ0) is 13.3. The van der Waals surface area contributed by atoms with E-state index in [0.29, 0.717) is 14.4 Å². The van der Waals surface area contributed by atoms with E-state index in [-0.39, 0.29) is 5.82 Å². The van der Waals surface area contributed by atoms with E-state index >= 15 is 0 Å². The Bertz CT molecular complexity index is 617. The number of nitrogens with one attached hydrogen (secondary N) is 1. The first-order chi connectivity index (χ1) is 8.58. The number of nitrogens with zero attached hydrogens (tertiary/aromatic N) is 1. The summed E-state index contributed by atoms with van der Waals surface area (Å²) >= 11 is 7.38. The number of aromatic amines is 1. The fraction of sp³-hybridized carbons (Fsp3) is 0.462. The second-order valence-corrected chi connectivity index (χ2v) is 5.98. The van der Waals surface area contributed by atoms with Crippen molar-refractivity contribution in [2.24, 2.45) is 0 Å². The van der Waals surface area contributed by atoms with E-state index in [9.17, 15) is 4.39 Å². The van der Waals surface area contributed by atoms with Crippen LogP contribution in [0.1, 0.15) is 39.2 Å². The number of H-pyrrole nitrogens is 1. The van der Waals surface area contributed by atoms with Crippen molar-refractivity contribution >= 4 is 45.8 Å². The molecule has 1 heterocycles. The number of hydrogen-bond donors (Lipinski definition) is 1. The predicted molar refractivity (Wildman–Crippen MR) is 84.0 cm³/mol. The van der Waals surface area contributed by atoms with Crippen molar-refractivity contribution in [3.8, 4) is 0 Å². The molecule has 0 aliphatic carbocycles. The maximum atomic E-state index is 13.7. The molecule has 98 valence electrons. The Morgan fingerprint density at radius 3 is 2.78 bits per heavy atom. The fourth-order valence-electron chi connectivity index (χ4n) is 2.33. The molecule has 1 atom stereocenters. The van der Waals surface area contributed by atoms with Crippen LogP contribution < -0.4 is 0 Å². The van der Waals surface area contributed by atoms with Gasteiger partial charge in [-0.15, -0.1) is 0 Å². The summed E-state index contributed by atoms with van der Waals surface area (Å²) in [6.45, 7) is 4.30. The van der Waals surface area contributed by atoms with Crippen molar-refractivity contribution in [1.29, 1.82) is 0 Å². The SMILES string of the molecule is CCCC(CC)n1c(=S)[nH]c2cc(I)c(F)cc21. The Morgan fingerprint density at radius 2 is 2.17 bits per heavy atom. The average molecular weight is 378 g/mol. The van der Waals surface area contributed by atoms with Gasteiger partial charge in [-0.05, 0) is 53.7 Å². The summed E-state index contributed by atoms with van der Waals surface area (Å²) in [6, 6.07) is 3.74. The van der Waals surface area contributed by atoms with E-state index in [2.05, 4.69) is 23.4 Å². The van der Waals surface area contributed by atoms with Crippen LogP contribution in [0.3, 0.4) is 0 Å². The standard InChI is InChI=1S/C13H16FIN2S/c1-3-5-8(4-2)17-12-6-9(14)10(15)7-11(12)16-13(17)18/h6-8H,3-5H2,1-2H3,(H,16,18). The van der Waals surface area contributed by atoms with Crippen LogP contribution in [-0.2, 0) is 0 Å². The number of halogens is 2. The average Bonchev–Trinajstić information content (AvgIpc) is 2.63. The highest BCUT2D eigenvalue weighted by molar-refractivity contribution is 14.1. The van der Waals surface area contributed by atoms with Crippen molar-refractivity contribution in [3.05, 3.63) is 26.3 Å². The van der Waals surface area contributed by atoms with E-state index in [1.807, 2.05) is 28.7 Å². The molecule has 2 aromatic rings. The molecular formula is C13H16FIN2S. The van der Waals surface area contributed by atoms with Crippen LogP contribution >= 0.6 is 34.8 Å². The molecular weight excluding hydrogens is 362 g/mol. The first kappa shape index (κ1) is 14.0. The highest BCUT2D eigenvalue weighted by Gasteiger charge is 2.14. The lowest BCUT2D eigenvalue weighted by molar-refractivity contribution is 0.453. The Kier molecular flexibility index (Phi) is 4.42.